The van der Waals surface area contributed by atoms with E-state index in [2.05, 4.69) is 36.1 Å². The molecule has 1 aliphatic heterocycles. The Bertz CT molecular complexity index is 249. The van der Waals surface area contributed by atoms with Crippen molar-refractivity contribution in [1.29, 1.82) is 0 Å². The van der Waals surface area contributed by atoms with Gasteiger partial charge in [0.2, 0.25) is 5.91 Å². The number of carbonyl (C=O) groups excluding carboxylic acids is 1. The van der Waals surface area contributed by atoms with Crippen LogP contribution in [0.3, 0.4) is 0 Å². The van der Waals surface area contributed by atoms with E-state index in [-0.39, 0.29) is 11.9 Å². The van der Waals surface area contributed by atoms with Crippen LogP contribution < -0.4 is 11.1 Å². The summed E-state index contributed by atoms with van der Waals surface area (Å²) >= 11 is 0. The second kappa shape index (κ2) is 7.71. The van der Waals surface area contributed by atoms with E-state index in [0.29, 0.717) is 6.04 Å². The van der Waals surface area contributed by atoms with Crippen molar-refractivity contribution in [3.05, 3.63) is 0 Å². The molecule has 5 heteroatoms. The number of nitrogens with two attached hydrogens (primary N) is 1. The van der Waals surface area contributed by atoms with Crippen LogP contribution in [0.4, 0.5) is 0 Å². The highest BCUT2D eigenvalue weighted by Crippen LogP contribution is 2.14. The molecule has 0 aliphatic carbocycles. The maximum atomic E-state index is 11.4. The van der Waals surface area contributed by atoms with E-state index in [1.807, 2.05) is 0 Å². The van der Waals surface area contributed by atoms with Gasteiger partial charge in [0, 0.05) is 12.6 Å². The van der Waals surface area contributed by atoms with Crippen LogP contribution >= 0.6 is 0 Å². The molecule has 1 fully saturated rings. The molecule has 0 saturated carbocycles. The number of amides is 1. The molecule has 5 nitrogen and oxygen atoms in total. The smallest absolute Gasteiger partial charge is 0.235 e. The molecule has 0 aromatic heterocycles. The first kappa shape index (κ1) is 15.4. The van der Waals surface area contributed by atoms with Gasteiger partial charge in [-0.2, -0.15) is 0 Å². The fourth-order valence-corrected chi connectivity index (χ4v) is 2.45. The van der Waals surface area contributed by atoms with Gasteiger partial charge in [0.05, 0.1) is 6.04 Å². The summed E-state index contributed by atoms with van der Waals surface area (Å²) in [4.78, 5) is 16.0. The Morgan fingerprint density at radius 1 is 1.44 bits per heavy atom. The lowest BCUT2D eigenvalue weighted by molar-refractivity contribution is -0.120. The Kier molecular flexibility index (Phi) is 6.60. The lowest BCUT2D eigenvalue weighted by Gasteiger charge is -2.36. The summed E-state index contributed by atoms with van der Waals surface area (Å²) in [5.74, 6) is -0.238. The third-order valence-corrected chi connectivity index (χ3v) is 3.71. The third-order valence-electron chi connectivity index (χ3n) is 3.71. The lowest BCUT2D eigenvalue weighted by atomic mass is 10.0. The van der Waals surface area contributed by atoms with E-state index in [1.54, 1.807) is 0 Å². The van der Waals surface area contributed by atoms with Crippen LogP contribution in [-0.2, 0) is 4.79 Å². The van der Waals surface area contributed by atoms with Gasteiger partial charge in [0.15, 0.2) is 0 Å². The quantitative estimate of drug-likeness (QED) is 0.666. The van der Waals surface area contributed by atoms with Crippen molar-refractivity contribution in [2.75, 3.05) is 40.3 Å². The normalized spacial score (nSPS) is 20.2. The topological polar surface area (TPSA) is 61.6 Å². The fraction of sp³-hybridized carbons (Fsp3) is 0.923. The molecule has 1 atom stereocenters. The van der Waals surface area contributed by atoms with Gasteiger partial charge in [-0.15, -0.1) is 0 Å². The SMILES string of the molecule is CCCNC(CN1CCC(N(C)C)CC1)C(N)=O. The van der Waals surface area contributed by atoms with Crippen LogP contribution in [0.1, 0.15) is 26.2 Å². The van der Waals surface area contributed by atoms with Gasteiger partial charge in [-0.1, -0.05) is 6.92 Å². The van der Waals surface area contributed by atoms with Gasteiger partial charge in [-0.05, 0) is 53.0 Å². The van der Waals surface area contributed by atoms with Crippen LogP contribution in [0.25, 0.3) is 0 Å². The number of likely N-dealkylation sites (tertiary alicyclic amines) is 1. The maximum Gasteiger partial charge on any atom is 0.235 e. The molecule has 1 heterocycles. The van der Waals surface area contributed by atoms with E-state index in [1.165, 1.54) is 12.8 Å². The van der Waals surface area contributed by atoms with Gasteiger partial charge in [0.1, 0.15) is 0 Å². The number of rotatable bonds is 7. The zero-order valence-electron chi connectivity index (χ0n) is 12.0. The maximum absolute atomic E-state index is 11.4. The summed E-state index contributed by atoms with van der Waals surface area (Å²) in [5.41, 5.74) is 5.43. The van der Waals surface area contributed by atoms with Crippen molar-refractivity contribution in [2.24, 2.45) is 5.73 Å². The molecule has 1 amide bonds. The highest BCUT2D eigenvalue weighted by Gasteiger charge is 2.24. The van der Waals surface area contributed by atoms with E-state index in [4.69, 9.17) is 5.73 Å². The van der Waals surface area contributed by atoms with Crippen LogP contribution in [0, 0.1) is 0 Å². The van der Waals surface area contributed by atoms with Gasteiger partial charge in [-0.3, -0.25) is 4.79 Å². The Morgan fingerprint density at radius 2 is 2.06 bits per heavy atom. The first-order valence-electron chi connectivity index (χ1n) is 6.96. The standard InChI is InChI=1S/C13H28N4O/c1-4-7-15-12(13(14)18)10-17-8-5-11(6-9-17)16(2)3/h11-12,15H,4-10H2,1-3H3,(H2,14,18). The summed E-state index contributed by atoms with van der Waals surface area (Å²) in [6, 6.07) is 0.470. The highest BCUT2D eigenvalue weighted by atomic mass is 16.1. The van der Waals surface area contributed by atoms with Crippen molar-refractivity contribution in [3.8, 4) is 0 Å². The number of nitrogens with one attached hydrogen (secondary N) is 1. The first-order chi connectivity index (χ1) is 8.54. The predicted octanol–water partition coefficient (Wildman–Crippen LogP) is -0.134. The Labute approximate surface area is 111 Å². The van der Waals surface area contributed by atoms with Crippen molar-refractivity contribution < 1.29 is 4.79 Å². The second-order valence-electron chi connectivity index (χ2n) is 5.40. The average Bonchev–Trinajstić information content (AvgIpc) is 2.34. The number of hydrogen-bond acceptors (Lipinski definition) is 4. The molecule has 0 bridgehead atoms. The fourth-order valence-electron chi connectivity index (χ4n) is 2.45. The number of nitrogens with zero attached hydrogens (tertiary/aromatic N) is 2. The molecule has 0 aromatic carbocycles. The molecule has 18 heavy (non-hydrogen) atoms. The molecular weight excluding hydrogens is 228 g/mol. The number of primary amides is 1. The minimum Gasteiger partial charge on any atom is -0.368 e. The number of carbonyl (C=O) groups is 1. The minimum atomic E-state index is -0.238. The molecule has 1 rings (SSSR count). The van der Waals surface area contributed by atoms with E-state index in [0.717, 1.165) is 32.6 Å². The van der Waals surface area contributed by atoms with Crippen LogP contribution in [-0.4, -0.2) is 68.1 Å². The van der Waals surface area contributed by atoms with E-state index >= 15 is 0 Å². The van der Waals surface area contributed by atoms with Crippen LogP contribution in [0.2, 0.25) is 0 Å². The van der Waals surface area contributed by atoms with E-state index < -0.39 is 0 Å². The Morgan fingerprint density at radius 3 is 2.50 bits per heavy atom. The zero-order valence-corrected chi connectivity index (χ0v) is 12.0. The van der Waals surface area contributed by atoms with Crippen LogP contribution in [0.15, 0.2) is 0 Å². The van der Waals surface area contributed by atoms with Crippen molar-refractivity contribution in [1.82, 2.24) is 15.1 Å². The summed E-state index contributed by atoms with van der Waals surface area (Å²) in [7, 11) is 4.27. The Hall–Kier alpha value is -0.650. The lowest BCUT2D eigenvalue weighted by Crippen LogP contribution is -2.52. The van der Waals surface area contributed by atoms with Crippen molar-refractivity contribution >= 4 is 5.91 Å². The molecule has 3 N–H and O–H groups in total. The minimum absolute atomic E-state index is 0.208. The predicted molar refractivity (Wildman–Crippen MR) is 74.4 cm³/mol. The van der Waals surface area contributed by atoms with Crippen LogP contribution in [0.5, 0.6) is 0 Å². The monoisotopic (exact) mass is 256 g/mol. The summed E-state index contributed by atoms with van der Waals surface area (Å²) in [5, 5.41) is 3.22. The molecule has 1 saturated heterocycles. The summed E-state index contributed by atoms with van der Waals surface area (Å²) < 4.78 is 0. The molecular formula is C13H28N4O. The molecule has 106 valence electrons. The van der Waals surface area contributed by atoms with Crippen molar-refractivity contribution in [3.63, 3.8) is 0 Å². The van der Waals surface area contributed by atoms with Gasteiger partial charge < -0.3 is 20.9 Å². The first-order valence-corrected chi connectivity index (χ1v) is 6.96. The molecule has 0 radical (unpaired) electrons. The van der Waals surface area contributed by atoms with Gasteiger partial charge in [-0.25, -0.2) is 0 Å². The third kappa shape index (κ3) is 4.92. The largest absolute Gasteiger partial charge is 0.368 e. The van der Waals surface area contributed by atoms with Crippen molar-refractivity contribution in [2.45, 2.75) is 38.3 Å². The summed E-state index contributed by atoms with van der Waals surface area (Å²) in [6.45, 7) is 5.80. The second-order valence-corrected chi connectivity index (χ2v) is 5.40. The highest BCUT2D eigenvalue weighted by molar-refractivity contribution is 5.80. The molecule has 1 unspecified atom stereocenters. The molecule has 0 spiro atoms. The molecule has 0 aromatic rings. The van der Waals surface area contributed by atoms with Gasteiger partial charge >= 0.3 is 0 Å². The molecule has 1 aliphatic rings. The van der Waals surface area contributed by atoms with E-state index in [9.17, 15) is 4.79 Å². The summed E-state index contributed by atoms with van der Waals surface area (Å²) in [6.07, 6.45) is 3.37. The van der Waals surface area contributed by atoms with Gasteiger partial charge in [0.25, 0.3) is 0 Å². The average molecular weight is 256 g/mol. The zero-order chi connectivity index (χ0) is 13.5. The number of piperidine rings is 1. The number of hydrogen-bond donors (Lipinski definition) is 2. The Balaban J connectivity index is 2.35.